The lowest BCUT2D eigenvalue weighted by Crippen LogP contribution is -2.40. The van der Waals surface area contributed by atoms with Gasteiger partial charge in [0.2, 0.25) is 23.6 Å². The SMILES string of the molecule is CC.CC.CC.CC.CC(C)C.CC(C)N1CCCC1=O.CC(C)N1CCCC1=O.CC(C)N1CCCC1=O.CC(C)N1CCCCC1=O.O=C1N=CC=N1. The van der Waals surface area contributed by atoms with Gasteiger partial charge in [0.25, 0.3) is 0 Å². The lowest BCUT2D eigenvalue weighted by molar-refractivity contribution is -0.135. The highest BCUT2D eigenvalue weighted by molar-refractivity contribution is 6.25. The van der Waals surface area contributed by atoms with Gasteiger partial charge in [0.15, 0.2) is 0 Å². The van der Waals surface area contributed by atoms with Crippen molar-refractivity contribution >= 4 is 42.1 Å². The third kappa shape index (κ3) is 32.8. The molecular formula is C44H90N6O5. The Morgan fingerprint density at radius 3 is 0.709 bits per heavy atom. The maximum atomic E-state index is 11.2. The second-order valence-corrected chi connectivity index (χ2v) is 14.1. The largest absolute Gasteiger partial charge is 0.367 e. The Balaban J connectivity index is -0.000000178. The average Bonchev–Trinajstić information content (AvgIpc) is 3.99. The van der Waals surface area contributed by atoms with E-state index in [1.165, 1.54) is 18.9 Å². The molecule has 4 saturated heterocycles. The molecule has 6 amide bonds. The highest BCUT2D eigenvalue weighted by atomic mass is 16.2. The van der Waals surface area contributed by atoms with Crippen molar-refractivity contribution in [3.8, 4) is 0 Å². The van der Waals surface area contributed by atoms with Crippen LogP contribution in [0.15, 0.2) is 9.98 Å². The molecule has 5 heterocycles. The minimum absolute atomic E-state index is 0.324. The van der Waals surface area contributed by atoms with Gasteiger partial charge in [0.1, 0.15) is 0 Å². The number of likely N-dealkylation sites (tertiary alicyclic amines) is 4. The van der Waals surface area contributed by atoms with Crippen LogP contribution in [0.3, 0.4) is 0 Å². The number of carbonyl (C=O) groups is 5. The standard InChI is InChI=1S/C8H15NO.3C7H13NO.C4H10.C3H2N2O.4C2H6/c1-7(2)9-6-4-3-5-8(9)10;3*1-6(2)8-5-3-4-7(8)9;1-4(2)3;6-3-4-1-2-5-3;4*1-2/h7H,3-6H2,1-2H3;3*6H,3-5H2,1-2H3;4H,1-3H3;1-2H;4*1-2H3. The van der Waals surface area contributed by atoms with E-state index in [0.717, 1.165) is 83.5 Å². The number of hydrogen-bond acceptors (Lipinski definition) is 5. The van der Waals surface area contributed by atoms with Crippen LogP contribution in [0.1, 0.15) is 189 Å². The van der Waals surface area contributed by atoms with Gasteiger partial charge in [-0.25, -0.2) is 4.79 Å². The van der Waals surface area contributed by atoms with Crippen LogP contribution in [-0.2, 0) is 19.2 Å². The number of amides is 6. The lowest BCUT2D eigenvalue weighted by Gasteiger charge is -2.30. The first-order chi connectivity index (χ1) is 26.0. The minimum atomic E-state index is -0.407. The predicted octanol–water partition coefficient (Wildman–Crippen LogP) is 10.5. The number of hydrogen-bond donors (Lipinski definition) is 0. The summed E-state index contributed by atoms with van der Waals surface area (Å²) in [5.74, 6) is 2.14. The summed E-state index contributed by atoms with van der Waals surface area (Å²) in [4.78, 5) is 68.1. The molecule has 11 heteroatoms. The maximum absolute atomic E-state index is 11.2. The van der Waals surface area contributed by atoms with Crippen LogP contribution in [0.5, 0.6) is 0 Å². The quantitative estimate of drug-likeness (QED) is 0.281. The number of piperidine rings is 1. The Morgan fingerprint density at radius 1 is 0.382 bits per heavy atom. The van der Waals surface area contributed by atoms with Gasteiger partial charge >= 0.3 is 6.03 Å². The topological polar surface area (TPSA) is 123 Å². The van der Waals surface area contributed by atoms with Gasteiger partial charge in [-0.1, -0.05) is 76.2 Å². The first kappa shape index (κ1) is 61.1. The van der Waals surface area contributed by atoms with Gasteiger partial charge in [-0.2, -0.15) is 9.98 Å². The van der Waals surface area contributed by atoms with E-state index < -0.39 is 6.03 Å². The third-order valence-electron chi connectivity index (χ3n) is 7.62. The summed E-state index contributed by atoms with van der Waals surface area (Å²) in [5.41, 5.74) is 0. The van der Waals surface area contributed by atoms with E-state index in [2.05, 4.69) is 86.1 Å². The number of urea groups is 1. The molecule has 326 valence electrons. The molecule has 0 bridgehead atoms. The van der Waals surface area contributed by atoms with E-state index in [1.54, 1.807) is 0 Å². The monoisotopic (exact) mass is 783 g/mol. The highest BCUT2D eigenvalue weighted by Crippen LogP contribution is 2.14. The summed E-state index contributed by atoms with van der Waals surface area (Å²) in [6, 6.07) is 1.20. The molecule has 0 unspecified atom stereocenters. The van der Waals surface area contributed by atoms with E-state index in [9.17, 15) is 24.0 Å². The Hall–Kier alpha value is -3.11. The van der Waals surface area contributed by atoms with Crippen LogP contribution in [-0.4, -0.2) is 112 Å². The first-order valence-electron chi connectivity index (χ1n) is 21.8. The molecule has 5 rings (SSSR count). The molecule has 0 aromatic rings. The van der Waals surface area contributed by atoms with Crippen LogP contribution in [0.25, 0.3) is 0 Å². The molecule has 5 aliphatic heterocycles. The van der Waals surface area contributed by atoms with Crippen molar-refractivity contribution in [1.29, 1.82) is 0 Å². The molecule has 0 radical (unpaired) electrons. The molecule has 0 aromatic carbocycles. The van der Waals surface area contributed by atoms with E-state index >= 15 is 0 Å². The molecule has 0 aliphatic carbocycles. The van der Waals surface area contributed by atoms with Crippen molar-refractivity contribution in [2.24, 2.45) is 15.9 Å². The van der Waals surface area contributed by atoms with E-state index in [0.29, 0.717) is 47.8 Å². The van der Waals surface area contributed by atoms with Crippen molar-refractivity contribution in [3.05, 3.63) is 0 Å². The smallest absolute Gasteiger partial charge is 0.340 e. The fourth-order valence-corrected chi connectivity index (χ4v) is 5.25. The summed E-state index contributed by atoms with van der Waals surface area (Å²) >= 11 is 0. The van der Waals surface area contributed by atoms with Crippen molar-refractivity contribution in [2.45, 2.75) is 214 Å². The number of nitrogens with zero attached hydrogens (tertiary/aromatic N) is 6. The molecule has 11 nitrogen and oxygen atoms in total. The van der Waals surface area contributed by atoms with Crippen LogP contribution < -0.4 is 0 Å². The van der Waals surface area contributed by atoms with Crippen molar-refractivity contribution < 1.29 is 24.0 Å². The second-order valence-electron chi connectivity index (χ2n) is 14.1. The lowest BCUT2D eigenvalue weighted by atomic mass is 10.1. The second kappa shape index (κ2) is 40.6. The van der Waals surface area contributed by atoms with Crippen LogP contribution in [0.4, 0.5) is 4.79 Å². The average molecular weight is 783 g/mol. The van der Waals surface area contributed by atoms with Crippen LogP contribution in [0.2, 0.25) is 0 Å². The molecule has 0 spiro atoms. The zero-order valence-corrected chi connectivity index (χ0v) is 39.5. The van der Waals surface area contributed by atoms with Gasteiger partial charge < -0.3 is 19.6 Å². The van der Waals surface area contributed by atoms with Crippen molar-refractivity contribution in [3.63, 3.8) is 0 Å². The number of rotatable bonds is 4. The molecule has 0 atom stereocenters. The van der Waals surface area contributed by atoms with E-state index in [4.69, 9.17) is 0 Å². The predicted molar refractivity (Wildman–Crippen MR) is 237 cm³/mol. The van der Waals surface area contributed by atoms with Gasteiger partial charge in [0.05, 0.1) is 12.4 Å². The number of carbonyl (C=O) groups excluding carboxylic acids is 5. The van der Waals surface area contributed by atoms with E-state index in [-0.39, 0.29) is 0 Å². The molecule has 4 fully saturated rings. The fraction of sp³-hybridized carbons (Fsp3) is 0.841. The summed E-state index contributed by atoms with van der Waals surface area (Å²) in [7, 11) is 0. The van der Waals surface area contributed by atoms with Crippen LogP contribution in [0, 0.1) is 5.92 Å². The highest BCUT2D eigenvalue weighted by Gasteiger charge is 2.23. The Kier molecular flexibility index (Phi) is 45.1. The molecule has 55 heavy (non-hydrogen) atoms. The number of aliphatic imine (C=N–C) groups is 2. The van der Waals surface area contributed by atoms with Gasteiger partial charge in [0, 0.05) is 76.0 Å². The normalized spacial score (nSPS) is 16.4. The van der Waals surface area contributed by atoms with Crippen molar-refractivity contribution in [2.75, 3.05) is 26.2 Å². The summed E-state index contributed by atoms with van der Waals surface area (Å²) < 4.78 is 0. The van der Waals surface area contributed by atoms with Gasteiger partial charge in [-0.3, -0.25) is 19.2 Å². The van der Waals surface area contributed by atoms with Crippen molar-refractivity contribution in [1.82, 2.24) is 19.6 Å². The zero-order chi connectivity index (χ0) is 44.1. The molecule has 0 saturated carbocycles. The third-order valence-corrected chi connectivity index (χ3v) is 7.62. The minimum Gasteiger partial charge on any atom is -0.340 e. The van der Waals surface area contributed by atoms with Gasteiger partial charge in [-0.15, -0.1) is 0 Å². The Labute approximate surface area is 340 Å². The fourth-order valence-electron chi connectivity index (χ4n) is 5.25. The van der Waals surface area contributed by atoms with Crippen LogP contribution >= 0.6 is 0 Å². The molecule has 5 aliphatic rings. The Bertz CT molecular complexity index is 936. The molecule has 0 N–H and O–H groups in total. The zero-order valence-electron chi connectivity index (χ0n) is 39.5. The molecule has 0 aromatic heterocycles. The summed E-state index contributed by atoms with van der Waals surface area (Å²) in [6.45, 7) is 42.9. The van der Waals surface area contributed by atoms with E-state index in [1.807, 2.05) is 75.0 Å². The summed E-state index contributed by atoms with van der Waals surface area (Å²) in [5, 5.41) is 0. The van der Waals surface area contributed by atoms with Gasteiger partial charge in [-0.05, 0) is 93.4 Å². The molecular weight excluding hydrogens is 693 g/mol. The summed E-state index contributed by atoms with van der Waals surface area (Å²) in [6.07, 6.45) is 11.2. The first-order valence-corrected chi connectivity index (χ1v) is 21.8. The maximum Gasteiger partial charge on any atom is 0.367 e. The Morgan fingerprint density at radius 2 is 0.582 bits per heavy atom.